The van der Waals surface area contributed by atoms with Crippen LogP contribution in [0.15, 0.2) is 35.7 Å². The molecule has 0 aliphatic carbocycles. The fourth-order valence-corrected chi connectivity index (χ4v) is 2.03. The standard InChI is InChI=1S/C13H8F2O3S/c14-9-3-1-4-10(15)8(9)7-18-13(17)12(16)11-5-2-6-19-11/h1-6H,7H2. The summed E-state index contributed by atoms with van der Waals surface area (Å²) in [6.07, 6.45) is 0. The molecule has 98 valence electrons. The summed E-state index contributed by atoms with van der Waals surface area (Å²) in [6, 6.07) is 6.38. The van der Waals surface area contributed by atoms with Crippen LogP contribution in [0.5, 0.6) is 0 Å². The molecular weight excluding hydrogens is 274 g/mol. The highest BCUT2D eigenvalue weighted by Gasteiger charge is 2.20. The number of ketones is 1. The van der Waals surface area contributed by atoms with Crippen LogP contribution in [0.2, 0.25) is 0 Å². The van der Waals surface area contributed by atoms with Gasteiger partial charge in [0.2, 0.25) is 0 Å². The van der Waals surface area contributed by atoms with Crippen LogP contribution in [0.25, 0.3) is 0 Å². The van der Waals surface area contributed by atoms with E-state index < -0.39 is 30.0 Å². The normalized spacial score (nSPS) is 10.2. The summed E-state index contributed by atoms with van der Waals surface area (Å²) >= 11 is 1.09. The van der Waals surface area contributed by atoms with Gasteiger partial charge in [-0.1, -0.05) is 12.1 Å². The van der Waals surface area contributed by atoms with Crippen molar-refractivity contribution in [2.24, 2.45) is 0 Å². The van der Waals surface area contributed by atoms with Crippen LogP contribution in [0.3, 0.4) is 0 Å². The van der Waals surface area contributed by atoms with E-state index in [4.69, 9.17) is 0 Å². The topological polar surface area (TPSA) is 43.4 Å². The molecule has 0 saturated carbocycles. The molecular formula is C13H8F2O3S. The summed E-state index contributed by atoms with van der Waals surface area (Å²) in [4.78, 5) is 23.2. The maximum atomic E-state index is 13.3. The second-order valence-electron chi connectivity index (χ2n) is 3.58. The maximum absolute atomic E-state index is 13.3. The number of halogens is 2. The van der Waals surface area contributed by atoms with Crippen LogP contribution in [0, 0.1) is 11.6 Å². The van der Waals surface area contributed by atoms with Crippen molar-refractivity contribution >= 4 is 23.1 Å². The van der Waals surface area contributed by atoms with E-state index in [1.165, 1.54) is 12.1 Å². The quantitative estimate of drug-likeness (QED) is 0.492. The summed E-state index contributed by atoms with van der Waals surface area (Å²) < 4.78 is 31.1. The van der Waals surface area contributed by atoms with Crippen LogP contribution < -0.4 is 0 Å². The highest BCUT2D eigenvalue weighted by Crippen LogP contribution is 2.14. The molecule has 0 unspecified atom stereocenters. The van der Waals surface area contributed by atoms with Crippen molar-refractivity contribution in [2.45, 2.75) is 6.61 Å². The third-order valence-corrected chi connectivity index (χ3v) is 3.21. The second kappa shape index (κ2) is 5.71. The Morgan fingerprint density at radius 2 is 1.79 bits per heavy atom. The number of thiophene rings is 1. The first kappa shape index (κ1) is 13.4. The lowest BCUT2D eigenvalue weighted by Crippen LogP contribution is -2.17. The molecule has 0 bridgehead atoms. The maximum Gasteiger partial charge on any atom is 0.380 e. The van der Waals surface area contributed by atoms with E-state index in [0.29, 0.717) is 0 Å². The van der Waals surface area contributed by atoms with Gasteiger partial charge in [-0.15, -0.1) is 11.3 Å². The number of hydrogen-bond acceptors (Lipinski definition) is 4. The van der Waals surface area contributed by atoms with E-state index in [-0.39, 0.29) is 10.4 Å². The summed E-state index contributed by atoms with van der Waals surface area (Å²) in [6.45, 7) is -0.617. The van der Waals surface area contributed by atoms with Crippen LogP contribution in [-0.4, -0.2) is 11.8 Å². The van der Waals surface area contributed by atoms with Gasteiger partial charge in [0.25, 0.3) is 5.78 Å². The number of hydrogen-bond donors (Lipinski definition) is 0. The van der Waals surface area contributed by atoms with Gasteiger partial charge in [0.15, 0.2) is 0 Å². The van der Waals surface area contributed by atoms with Crippen molar-refractivity contribution in [3.05, 3.63) is 57.8 Å². The molecule has 0 aliphatic rings. The van der Waals surface area contributed by atoms with Gasteiger partial charge < -0.3 is 4.74 Å². The first-order valence-corrected chi connectivity index (χ1v) is 6.15. The summed E-state index contributed by atoms with van der Waals surface area (Å²) in [5.74, 6) is -3.61. The number of Topliss-reactive ketones (excluding diaryl/α,β-unsaturated/α-hetero) is 1. The number of rotatable bonds is 4. The van der Waals surface area contributed by atoms with Crippen LogP contribution >= 0.6 is 11.3 Å². The first-order chi connectivity index (χ1) is 9.09. The molecule has 2 rings (SSSR count). The summed E-state index contributed by atoms with van der Waals surface area (Å²) in [7, 11) is 0. The molecule has 0 radical (unpaired) electrons. The largest absolute Gasteiger partial charge is 0.455 e. The zero-order valence-corrected chi connectivity index (χ0v) is 10.4. The van der Waals surface area contributed by atoms with Gasteiger partial charge in [-0.25, -0.2) is 13.6 Å². The number of carbonyl (C=O) groups excluding carboxylic acids is 2. The van der Waals surface area contributed by atoms with E-state index in [9.17, 15) is 18.4 Å². The van der Waals surface area contributed by atoms with E-state index >= 15 is 0 Å². The average molecular weight is 282 g/mol. The van der Waals surface area contributed by atoms with Crippen molar-refractivity contribution in [2.75, 3.05) is 0 Å². The summed E-state index contributed by atoms with van der Waals surface area (Å²) in [5, 5.41) is 1.64. The number of ether oxygens (including phenoxy) is 1. The molecule has 0 atom stereocenters. The fraction of sp³-hybridized carbons (Fsp3) is 0.0769. The Kier molecular flexibility index (Phi) is 4.01. The molecule has 0 amide bonds. The van der Waals surface area contributed by atoms with Crippen LogP contribution in [0.1, 0.15) is 15.2 Å². The lowest BCUT2D eigenvalue weighted by molar-refractivity contribution is -0.139. The van der Waals surface area contributed by atoms with Gasteiger partial charge in [0.05, 0.1) is 10.4 Å². The van der Waals surface area contributed by atoms with Gasteiger partial charge in [-0.2, -0.15) is 0 Å². The Morgan fingerprint density at radius 3 is 2.37 bits per heavy atom. The molecule has 6 heteroatoms. The average Bonchev–Trinajstić information content (AvgIpc) is 2.90. The Balaban J connectivity index is 2.03. The van der Waals surface area contributed by atoms with Gasteiger partial charge >= 0.3 is 5.97 Å². The predicted octanol–water partition coefficient (Wildman–Crippen LogP) is 2.95. The van der Waals surface area contributed by atoms with Gasteiger partial charge in [-0.05, 0) is 23.6 Å². The van der Waals surface area contributed by atoms with E-state index in [1.807, 2.05) is 0 Å². The Bertz CT molecular complexity index is 588. The van der Waals surface area contributed by atoms with Gasteiger partial charge in [0, 0.05) is 0 Å². The van der Waals surface area contributed by atoms with Crippen molar-refractivity contribution < 1.29 is 23.1 Å². The Morgan fingerprint density at radius 1 is 1.11 bits per heavy atom. The molecule has 1 heterocycles. The molecule has 0 aliphatic heterocycles. The van der Waals surface area contributed by atoms with Crippen LogP contribution in [-0.2, 0) is 16.1 Å². The van der Waals surface area contributed by atoms with Crippen molar-refractivity contribution in [3.8, 4) is 0 Å². The lowest BCUT2D eigenvalue weighted by Gasteiger charge is -2.05. The molecule has 0 N–H and O–H groups in total. The minimum atomic E-state index is -1.13. The van der Waals surface area contributed by atoms with Crippen molar-refractivity contribution in [1.82, 2.24) is 0 Å². The zero-order chi connectivity index (χ0) is 13.8. The third-order valence-electron chi connectivity index (χ3n) is 2.34. The monoisotopic (exact) mass is 282 g/mol. The number of benzene rings is 1. The molecule has 19 heavy (non-hydrogen) atoms. The third kappa shape index (κ3) is 3.03. The predicted molar refractivity (Wildman–Crippen MR) is 64.8 cm³/mol. The highest BCUT2D eigenvalue weighted by molar-refractivity contribution is 7.12. The van der Waals surface area contributed by atoms with Crippen LogP contribution in [0.4, 0.5) is 8.78 Å². The molecule has 2 aromatic rings. The molecule has 0 fully saturated rings. The summed E-state index contributed by atoms with van der Waals surface area (Å²) in [5.41, 5.74) is -0.380. The molecule has 1 aromatic carbocycles. The SMILES string of the molecule is O=C(OCc1c(F)cccc1F)C(=O)c1cccs1. The molecule has 0 spiro atoms. The van der Waals surface area contributed by atoms with Crippen molar-refractivity contribution in [1.29, 1.82) is 0 Å². The minimum Gasteiger partial charge on any atom is -0.455 e. The van der Waals surface area contributed by atoms with Gasteiger partial charge in [0.1, 0.15) is 18.2 Å². The molecule has 3 nitrogen and oxygen atoms in total. The van der Waals surface area contributed by atoms with Gasteiger partial charge in [-0.3, -0.25) is 4.79 Å². The Labute approximate surface area is 111 Å². The highest BCUT2D eigenvalue weighted by atomic mass is 32.1. The van der Waals surface area contributed by atoms with E-state index in [0.717, 1.165) is 23.5 Å². The number of carbonyl (C=O) groups is 2. The first-order valence-electron chi connectivity index (χ1n) is 5.27. The fourth-order valence-electron chi connectivity index (χ4n) is 1.38. The van der Waals surface area contributed by atoms with Crippen molar-refractivity contribution in [3.63, 3.8) is 0 Å². The molecule has 1 aromatic heterocycles. The minimum absolute atomic E-state index is 0.221. The second-order valence-corrected chi connectivity index (χ2v) is 4.53. The number of esters is 1. The zero-order valence-electron chi connectivity index (χ0n) is 9.56. The lowest BCUT2D eigenvalue weighted by atomic mass is 10.2. The smallest absolute Gasteiger partial charge is 0.380 e. The molecule has 0 saturated heterocycles. The van der Waals surface area contributed by atoms with E-state index in [2.05, 4.69) is 4.74 Å². The Hall–Kier alpha value is -2.08. The van der Waals surface area contributed by atoms with E-state index in [1.54, 1.807) is 11.4 Å².